The van der Waals surface area contributed by atoms with Crippen molar-refractivity contribution in [3.63, 3.8) is 0 Å². The van der Waals surface area contributed by atoms with Crippen LogP contribution in [-0.4, -0.2) is 12.0 Å². The molecule has 0 bridgehead atoms. The maximum atomic E-state index is 9.20. The van der Waals surface area contributed by atoms with Crippen molar-refractivity contribution < 1.29 is 0 Å². The SMILES string of the molecule is CN(c1ccccc1C#N)c1ccc2scnc2c1N. The highest BCUT2D eigenvalue weighted by molar-refractivity contribution is 7.16. The minimum Gasteiger partial charge on any atom is -0.395 e. The number of nitrogens with two attached hydrogens (primary N) is 1. The molecule has 1 heterocycles. The number of rotatable bonds is 2. The topological polar surface area (TPSA) is 65.9 Å². The second kappa shape index (κ2) is 4.83. The number of nitriles is 1. The van der Waals surface area contributed by atoms with Gasteiger partial charge in [0.2, 0.25) is 0 Å². The van der Waals surface area contributed by atoms with E-state index in [4.69, 9.17) is 5.73 Å². The number of anilines is 3. The molecule has 0 fully saturated rings. The van der Waals surface area contributed by atoms with Crippen LogP contribution in [0.4, 0.5) is 17.1 Å². The van der Waals surface area contributed by atoms with Gasteiger partial charge in [0.1, 0.15) is 11.6 Å². The zero-order valence-electron chi connectivity index (χ0n) is 10.9. The van der Waals surface area contributed by atoms with Crippen LogP contribution in [0, 0.1) is 11.3 Å². The Hall–Kier alpha value is -2.58. The van der Waals surface area contributed by atoms with Crippen molar-refractivity contribution in [2.24, 2.45) is 0 Å². The zero-order chi connectivity index (χ0) is 14.1. The molecule has 2 aromatic carbocycles. The Balaban J connectivity index is 2.15. The summed E-state index contributed by atoms with van der Waals surface area (Å²) in [5.41, 5.74) is 11.8. The van der Waals surface area contributed by atoms with Crippen molar-refractivity contribution in [1.29, 1.82) is 5.26 Å². The number of aromatic nitrogens is 1. The third kappa shape index (κ3) is 1.87. The molecule has 3 rings (SSSR count). The van der Waals surface area contributed by atoms with Gasteiger partial charge in [-0.1, -0.05) is 12.1 Å². The Morgan fingerprint density at radius 1 is 1.20 bits per heavy atom. The molecule has 0 aliphatic heterocycles. The number of nitrogens with zero attached hydrogens (tertiary/aromatic N) is 3. The fourth-order valence-electron chi connectivity index (χ4n) is 2.22. The summed E-state index contributed by atoms with van der Waals surface area (Å²) in [5, 5.41) is 9.20. The highest BCUT2D eigenvalue weighted by Gasteiger charge is 2.14. The van der Waals surface area contributed by atoms with E-state index < -0.39 is 0 Å². The average Bonchev–Trinajstić information content (AvgIpc) is 2.96. The van der Waals surface area contributed by atoms with Crippen molar-refractivity contribution in [1.82, 2.24) is 4.98 Å². The molecule has 3 aromatic rings. The van der Waals surface area contributed by atoms with E-state index in [1.54, 1.807) is 22.9 Å². The molecule has 1 aromatic heterocycles. The van der Waals surface area contributed by atoms with Crippen LogP contribution in [0.15, 0.2) is 41.9 Å². The fraction of sp³-hybridized carbons (Fsp3) is 0.0667. The van der Waals surface area contributed by atoms with Crippen molar-refractivity contribution in [2.75, 3.05) is 17.7 Å². The van der Waals surface area contributed by atoms with Crippen molar-refractivity contribution in [3.8, 4) is 6.07 Å². The van der Waals surface area contributed by atoms with Gasteiger partial charge < -0.3 is 10.6 Å². The van der Waals surface area contributed by atoms with Gasteiger partial charge in [-0.2, -0.15) is 5.26 Å². The third-order valence-corrected chi connectivity index (χ3v) is 4.06. The molecular formula is C15H12N4S. The zero-order valence-corrected chi connectivity index (χ0v) is 11.7. The monoisotopic (exact) mass is 280 g/mol. The highest BCUT2D eigenvalue weighted by atomic mass is 32.1. The van der Waals surface area contributed by atoms with E-state index in [2.05, 4.69) is 11.1 Å². The molecule has 0 aliphatic rings. The molecule has 0 saturated carbocycles. The summed E-state index contributed by atoms with van der Waals surface area (Å²) in [6.07, 6.45) is 0. The smallest absolute Gasteiger partial charge is 0.106 e. The maximum Gasteiger partial charge on any atom is 0.106 e. The first-order chi connectivity index (χ1) is 9.72. The normalized spacial score (nSPS) is 10.4. The van der Waals surface area contributed by atoms with Gasteiger partial charge in [0.15, 0.2) is 0 Å². The van der Waals surface area contributed by atoms with Crippen LogP contribution < -0.4 is 10.6 Å². The molecule has 0 atom stereocenters. The van der Waals surface area contributed by atoms with Crippen LogP contribution in [0.2, 0.25) is 0 Å². The maximum absolute atomic E-state index is 9.20. The number of nitrogen functional groups attached to an aromatic ring is 1. The van der Waals surface area contributed by atoms with Gasteiger partial charge in [-0.3, -0.25) is 0 Å². The number of benzene rings is 2. The van der Waals surface area contributed by atoms with E-state index in [0.717, 1.165) is 21.6 Å². The van der Waals surface area contributed by atoms with E-state index in [-0.39, 0.29) is 0 Å². The molecular weight excluding hydrogens is 268 g/mol. The number of hydrogen-bond acceptors (Lipinski definition) is 5. The van der Waals surface area contributed by atoms with Gasteiger partial charge in [0.05, 0.1) is 32.8 Å². The van der Waals surface area contributed by atoms with Crippen LogP contribution >= 0.6 is 11.3 Å². The second-order valence-electron chi connectivity index (χ2n) is 4.39. The van der Waals surface area contributed by atoms with Crippen molar-refractivity contribution >= 4 is 38.6 Å². The predicted molar refractivity (Wildman–Crippen MR) is 83.3 cm³/mol. The van der Waals surface area contributed by atoms with E-state index >= 15 is 0 Å². The van der Waals surface area contributed by atoms with E-state index in [0.29, 0.717) is 11.3 Å². The van der Waals surface area contributed by atoms with Crippen LogP contribution in [0.3, 0.4) is 0 Å². The van der Waals surface area contributed by atoms with Gasteiger partial charge in [0.25, 0.3) is 0 Å². The summed E-state index contributed by atoms with van der Waals surface area (Å²) in [5.74, 6) is 0. The summed E-state index contributed by atoms with van der Waals surface area (Å²) in [4.78, 5) is 6.22. The molecule has 4 nitrogen and oxygen atoms in total. The molecule has 0 amide bonds. The summed E-state index contributed by atoms with van der Waals surface area (Å²) in [6, 6.07) is 13.6. The number of fused-ring (bicyclic) bond motifs is 1. The molecule has 2 N–H and O–H groups in total. The number of thiazole rings is 1. The summed E-state index contributed by atoms with van der Waals surface area (Å²) >= 11 is 1.56. The first kappa shape index (κ1) is 12.5. The largest absolute Gasteiger partial charge is 0.395 e. The Bertz CT molecular complexity index is 816. The fourth-order valence-corrected chi connectivity index (χ4v) is 2.92. The van der Waals surface area contributed by atoms with Crippen LogP contribution in [0.1, 0.15) is 5.56 Å². The lowest BCUT2D eigenvalue weighted by atomic mass is 10.1. The molecule has 0 saturated heterocycles. The lowest BCUT2D eigenvalue weighted by Gasteiger charge is -2.22. The first-order valence-electron chi connectivity index (χ1n) is 6.07. The third-order valence-electron chi connectivity index (χ3n) is 3.27. The van der Waals surface area contributed by atoms with E-state index in [1.165, 1.54) is 0 Å². The Morgan fingerprint density at radius 2 is 2.00 bits per heavy atom. The standard InChI is InChI=1S/C15H12N4S/c1-19(11-5-3-2-4-10(11)8-16)12-6-7-13-15(14(12)17)18-9-20-13/h2-7,9H,17H2,1H3. The van der Waals surface area contributed by atoms with Crippen LogP contribution in [0.5, 0.6) is 0 Å². The quantitative estimate of drug-likeness (QED) is 0.729. The highest BCUT2D eigenvalue weighted by Crippen LogP contribution is 2.36. The van der Waals surface area contributed by atoms with Crippen LogP contribution in [0.25, 0.3) is 10.2 Å². The van der Waals surface area contributed by atoms with E-state index in [9.17, 15) is 5.26 Å². The van der Waals surface area contributed by atoms with Gasteiger partial charge in [-0.05, 0) is 24.3 Å². The molecule has 20 heavy (non-hydrogen) atoms. The molecule has 0 unspecified atom stereocenters. The van der Waals surface area contributed by atoms with Crippen molar-refractivity contribution in [2.45, 2.75) is 0 Å². The summed E-state index contributed by atoms with van der Waals surface area (Å²) < 4.78 is 1.06. The molecule has 5 heteroatoms. The van der Waals surface area contributed by atoms with Gasteiger partial charge in [-0.15, -0.1) is 11.3 Å². The Kier molecular flexibility index (Phi) is 3.01. The molecule has 98 valence electrons. The second-order valence-corrected chi connectivity index (χ2v) is 5.27. The molecule has 0 spiro atoms. The molecule has 0 aliphatic carbocycles. The van der Waals surface area contributed by atoms with Crippen molar-refractivity contribution in [3.05, 3.63) is 47.5 Å². The van der Waals surface area contributed by atoms with Crippen LogP contribution in [-0.2, 0) is 0 Å². The van der Waals surface area contributed by atoms with Gasteiger partial charge in [-0.25, -0.2) is 4.98 Å². The van der Waals surface area contributed by atoms with Gasteiger partial charge in [0, 0.05) is 7.05 Å². The Labute approximate surface area is 120 Å². The lowest BCUT2D eigenvalue weighted by molar-refractivity contribution is 1.20. The number of para-hydroxylation sites is 1. The predicted octanol–water partition coefficient (Wildman–Crippen LogP) is 3.52. The summed E-state index contributed by atoms with van der Waals surface area (Å²) in [6.45, 7) is 0. The summed E-state index contributed by atoms with van der Waals surface area (Å²) in [7, 11) is 1.90. The van der Waals surface area contributed by atoms with E-state index in [1.807, 2.05) is 42.3 Å². The number of hydrogen-bond donors (Lipinski definition) is 1. The molecule has 0 radical (unpaired) electrons. The average molecular weight is 280 g/mol. The Morgan fingerprint density at radius 3 is 2.80 bits per heavy atom. The minimum atomic E-state index is 0.618. The minimum absolute atomic E-state index is 0.618. The lowest BCUT2D eigenvalue weighted by Crippen LogP contribution is -2.13. The first-order valence-corrected chi connectivity index (χ1v) is 6.95. The van der Waals surface area contributed by atoms with Gasteiger partial charge >= 0.3 is 0 Å².